The van der Waals surface area contributed by atoms with Crippen LogP contribution in [-0.2, 0) is 11.3 Å². The molecule has 4 nitrogen and oxygen atoms in total. The lowest BCUT2D eigenvalue weighted by Gasteiger charge is -2.15. The number of nitrogens with one attached hydrogen (secondary N) is 1. The van der Waals surface area contributed by atoms with Gasteiger partial charge in [-0.1, -0.05) is 15.9 Å². The molecule has 1 heterocycles. The van der Waals surface area contributed by atoms with Gasteiger partial charge < -0.3 is 15.0 Å². The van der Waals surface area contributed by atoms with Gasteiger partial charge >= 0.3 is 0 Å². The second-order valence-corrected chi connectivity index (χ2v) is 5.89. The topological polar surface area (TPSA) is 41.6 Å². The molecule has 2 rings (SSSR count). The lowest BCUT2D eigenvalue weighted by molar-refractivity contribution is -0.127. The molecule has 110 valence electrons. The second kappa shape index (κ2) is 7.64. The van der Waals surface area contributed by atoms with E-state index in [1.54, 1.807) is 7.11 Å². The molecular formula is C15H21BrN2O2. The number of hydrogen-bond donors (Lipinski definition) is 1. The van der Waals surface area contributed by atoms with Crippen LogP contribution in [0.15, 0.2) is 22.7 Å². The number of benzene rings is 1. The highest BCUT2D eigenvalue weighted by molar-refractivity contribution is 9.10. The van der Waals surface area contributed by atoms with E-state index in [4.69, 9.17) is 4.74 Å². The van der Waals surface area contributed by atoms with Crippen molar-refractivity contribution in [3.8, 4) is 5.75 Å². The summed E-state index contributed by atoms with van der Waals surface area (Å²) in [6, 6.07) is 6.00. The maximum Gasteiger partial charge on any atom is 0.222 e. The minimum Gasteiger partial charge on any atom is -0.496 e. The molecule has 0 spiro atoms. The van der Waals surface area contributed by atoms with Gasteiger partial charge in [0.1, 0.15) is 5.75 Å². The summed E-state index contributed by atoms with van der Waals surface area (Å²) in [5.74, 6) is 1.20. The largest absolute Gasteiger partial charge is 0.496 e. The molecule has 0 aliphatic carbocycles. The van der Waals surface area contributed by atoms with Gasteiger partial charge in [-0.25, -0.2) is 0 Å². The van der Waals surface area contributed by atoms with Crippen molar-refractivity contribution in [2.45, 2.75) is 25.8 Å². The Kier molecular flexibility index (Phi) is 5.86. The smallest absolute Gasteiger partial charge is 0.222 e. The zero-order chi connectivity index (χ0) is 14.4. The number of rotatable bonds is 7. The highest BCUT2D eigenvalue weighted by atomic mass is 79.9. The molecule has 1 fully saturated rings. The highest BCUT2D eigenvalue weighted by Crippen LogP contribution is 2.22. The third-order valence-corrected chi connectivity index (χ3v) is 4.00. The van der Waals surface area contributed by atoms with Crippen molar-refractivity contribution in [3.63, 3.8) is 0 Å². The van der Waals surface area contributed by atoms with Gasteiger partial charge in [0.05, 0.1) is 7.11 Å². The van der Waals surface area contributed by atoms with Crippen LogP contribution < -0.4 is 10.1 Å². The zero-order valence-electron chi connectivity index (χ0n) is 11.8. The van der Waals surface area contributed by atoms with Gasteiger partial charge in [0, 0.05) is 36.1 Å². The van der Waals surface area contributed by atoms with E-state index in [1.807, 2.05) is 17.0 Å². The Bertz CT molecular complexity index is 465. The molecule has 1 saturated heterocycles. The minimum absolute atomic E-state index is 0.304. The summed E-state index contributed by atoms with van der Waals surface area (Å²) in [5, 5.41) is 3.40. The Morgan fingerprint density at radius 1 is 1.45 bits per heavy atom. The maximum absolute atomic E-state index is 11.5. The van der Waals surface area contributed by atoms with Crippen molar-refractivity contribution >= 4 is 21.8 Å². The van der Waals surface area contributed by atoms with Crippen LogP contribution in [0.2, 0.25) is 0 Å². The number of methoxy groups -OCH3 is 1. The lowest BCUT2D eigenvalue weighted by atomic mass is 10.2. The van der Waals surface area contributed by atoms with E-state index >= 15 is 0 Å². The fourth-order valence-electron chi connectivity index (χ4n) is 2.44. The van der Waals surface area contributed by atoms with Crippen molar-refractivity contribution in [3.05, 3.63) is 28.2 Å². The zero-order valence-corrected chi connectivity index (χ0v) is 13.4. The predicted octanol–water partition coefficient (Wildman–Crippen LogP) is 2.56. The Balaban J connectivity index is 1.70. The molecular weight excluding hydrogens is 320 g/mol. The number of carbonyl (C=O) groups is 1. The normalized spacial score (nSPS) is 14.9. The van der Waals surface area contributed by atoms with Gasteiger partial charge in [-0.15, -0.1) is 0 Å². The molecule has 5 heteroatoms. The third kappa shape index (κ3) is 4.21. The fourth-order valence-corrected chi connectivity index (χ4v) is 2.85. The van der Waals surface area contributed by atoms with E-state index in [0.29, 0.717) is 5.91 Å². The number of hydrogen-bond acceptors (Lipinski definition) is 3. The van der Waals surface area contributed by atoms with Gasteiger partial charge in [0.25, 0.3) is 0 Å². The first-order valence-corrected chi connectivity index (χ1v) is 7.81. The molecule has 1 N–H and O–H groups in total. The lowest BCUT2D eigenvalue weighted by Crippen LogP contribution is -2.28. The molecule has 20 heavy (non-hydrogen) atoms. The number of nitrogens with zero attached hydrogens (tertiary/aromatic N) is 1. The summed E-state index contributed by atoms with van der Waals surface area (Å²) in [4.78, 5) is 13.4. The first-order valence-electron chi connectivity index (χ1n) is 7.01. The number of amides is 1. The maximum atomic E-state index is 11.5. The molecule has 1 aromatic rings. The molecule has 0 saturated carbocycles. The van der Waals surface area contributed by atoms with E-state index in [9.17, 15) is 4.79 Å². The van der Waals surface area contributed by atoms with E-state index in [1.165, 1.54) is 0 Å². The van der Waals surface area contributed by atoms with Crippen LogP contribution in [0.4, 0.5) is 0 Å². The number of ether oxygens (including phenoxy) is 1. The van der Waals surface area contributed by atoms with E-state index in [2.05, 4.69) is 27.3 Å². The Morgan fingerprint density at radius 3 is 3.00 bits per heavy atom. The first-order chi connectivity index (χ1) is 9.70. The Hall–Kier alpha value is -1.07. The van der Waals surface area contributed by atoms with Gasteiger partial charge in [0.15, 0.2) is 0 Å². The highest BCUT2D eigenvalue weighted by Gasteiger charge is 2.18. The van der Waals surface area contributed by atoms with Crippen molar-refractivity contribution in [1.29, 1.82) is 0 Å². The van der Waals surface area contributed by atoms with E-state index in [-0.39, 0.29) is 0 Å². The molecule has 1 amide bonds. The van der Waals surface area contributed by atoms with Crippen LogP contribution in [0.25, 0.3) is 0 Å². The van der Waals surface area contributed by atoms with Crippen LogP contribution in [0.1, 0.15) is 24.8 Å². The van der Waals surface area contributed by atoms with Gasteiger partial charge in [-0.2, -0.15) is 0 Å². The molecule has 0 bridgehead atoms. The molecule has 1 aromatic carbocycles. The summed E-state index contributed by atoms with van der Waals surface area (Å²) in [6.45, 7) is 3.47. The average molecular weight is 341 g/mol. The third-order valence-electron chi connectivity index (χ3n) is 3.51. The molecule has 0 atom stereocenters. The summed E-state index contributed by atoms with van der Waals surface area (Å²) in [5.41, 5.74) is 1.14. The molecule has 0 unspecified atom stereocenters. The molecule has 1 aliphatic heterocycles. The quantitative estimate of drug-likeness (QED) is 0.775. The molecule has 1 aliphatic rings. The van der Waals surface area contributed by atoms with Crippen molar-refractivity contribution in [2.75, 3.05) is 26.7 Å². The SMILES string of the molecule is COc1ccc(Br)cc1CNCCCN1CCCC1=O. The first kappa shape index (κ1) is 15.3. The minimum atomic E-state index is 0.304. The number of likely N-dealkylation sites (tertiary alicyclic amines) is 1. The summed E-state index contributed by atoms with van der Waals surface area (Å²) in [7, 11) is 1.69. The fraction of sp³-hybridized carbons (Fsp3) is 0.533. The predicted molar refractivity (Wildman–Crippen MR) is 82.8 cm³/mol. The Labute approximate surface area is 128 Å². The van der Waals surface area contributed by atoms with Gasteiger partial charge in [-0.05, 0) is 37.6 Å². The van der Waals surface area contributed by atoms with Crippen LogP contribution in [-0.4, -0.2) is 37.6 Å². The van der Waals surface area contributed by atoms with Crippen LogP contribution in [0, 0.1) is 0 Å². The second-order valence-electron chi connectivity index (χ2n) is 4.97. The average Bonchev–Trinajstić information content (AvgIpc) is 2.84. The monoisotopic (exact) mass is 340 g/mol. The number of carbonyl (C=O) groups excluding carboxylic acids is 1. The summed E-state index contributed by atoms with van der Waals surface area (Å²) in [6.07, 6.45) is 2.73. The Morgan fingerprint density at radius 2 is 2.30 bits per heavy atom. The van der Waals surface area contributed by atoms with Gasteiger partial charge in [0.2, 0.25) is 5.91 Å². The molecule has 0 radical (unpaired) electrons. The molecule has 0 aromatic heterocycles. The van der Waals surface area contributed by atoms with Crippen molar-refractivity contribution in [2.24, 2.45) is 0 Å². The van der Waals surface area contributed by atoms with Gasteiger partial charge in [-0.3, -0.25) is 4.79 Å². The van der Waals surface area contributed by atoms with Crippen LogP contribution >= 0.6 is 15.9 Å². The van der Waals surface area contributed by atoms with Crippen LogP contribution in [0.3, 0.4) is 0 Å². The van der Waals surface area contributed by atoms with Crippen molar-refractivity contribution in [1.82, 2.24) is 10.2 Å². The van der Waals surface area contributed by atoms with Crippen molar-refractivity contribution < 1.29 is 9.53 Å². The van der Waals surface area contributed by atoms with E-state index < -0.39 is 0 Å². The van der Waals surface area contributed by atoms with E-state index in [0.717, 1.165) is 61.2 Å². The number of halogens is 1. The van der Waals surface area contributed by atoms with Crippen LogP contribution in [0.5, 0.6) is 5.75 Å². The summed E-state index contributed by atoms with van der Waals surface area (Å²) >= 11 is 3.47. The summed E-state index contributed by atoms with van der Waals surface area (Å²) < 4.78 is 6.39. The standard InChI is InChI=1S/C15H21BrN2O2/c1-20-14-6-5-13(16)10-12(14)11-17-7-3-9-18-8-2-4-15(18)19/h5-6,10,17H,2-4,7-9,11H2,1H3.